The Kier molecular flexibility index (Phi) is 6.52. The minimum absolute atomic E-state index is 0.140. The van der Waals surface area contributed by atoms with Gasteiger partial charge in [0.2, 0.25) is 11.8 Å². The van der Waals surface area contributed by atoms with Crippen molar-refractivity contribution in [3.63, 3.8) is 0 Å². The first-order valence-electron chi connectivity index (χ1n) is 9.91. The van der Waals surface area contributed by atoms with Crippen molar-refractivity contribution < 1.29 is 14.0 Å². The molecular weight excluding hydrogens is 412 g/mol. The van der Waals surface area contributed by atoms with Gasteiger partial charge in [-0.25, -0.2) is 9.97 Å². The van der Waals surface area contributed by atoms with E-state index >= 15 is 0 Å². The SMILES string of the molecule is CNc1ncc(-c2nc(-c3ccc(=O)n(Cc4cccc(OCCOC)c4)c3)no2)cn1. The molecule has 32 heavy (non-hydrogen) atoms. The molecule has 3 heterocycles. The number of nitrogens with zero attached hydrogens (tertiary/aromatic N) is 5. The maximum atomic E-state index is 12.4. The largest absolute Gasteiger partial charge is 0.491 e. The monoisotopic (exact) mass is 434 g/mol. The highest BCUT2D eigenvalue weighted by Gasteiger charge is 2.13. The summed E-state index contributed by atoms with van der Waals surface area (Å²) < 4.78 is 17.6. The molecule has 0 fully saturated rings. The summed E-state index contributed by atoms with van der Waals surface area (Å²) in [6.07, 6.45) is 4.90. The molecule has 0 amide bonds. The predicted octanol–water partition coefficient (Wildman–Crippen LogP) is 2.47. The summed E-state index contributed by atoms with van der Waals surface area (Å²) in [5, 5.41) is 6.88. The fourth-order valence-electron chi connectivity index (χ4n) is 2.99. The maximum Gasteiger partial charge on any atom is 0.261 e. The third kappa shape index (κ3) is 4.98. The lowest BCUT2D eigenvalue weighted by Gasteiger charge is -2.10. The van der Waals surface area contributed by atoms with Crippen molar-refractivity contribution >= 4 is 5.95 Å². The number of rotatable bonds is 9. The average molecular weight is 434 g/mol. The highest BCUT2D eigenvalue weighted by Crippen LogP contribution is 2.21. The molecule has 0 aliphatic heterocycles. The van der Waals surface area contributed by atoms with Crippen molar-refractivity contribution in [3.05, 3.63) is 70.9 Å². The van der Waals surface area contributed by atoms with Gasteiger partial charge < -0.3 is 23.9 Å². The lowest BCUT2D eigenvalue weighted by Crippen LogP contribution is -2.19. The molecule has 3 aromatic heterocycles. The molecule has 1 aromatic carbocycles. The number of hydrogen-bond acceptors (Lipinski definition) is 9. The zero-order chi connectivity index (χ0) is 22.3. The van der Waals surface area contributed by atoms with E-state index in [0.29, 0.717) is 48.5 Å². The molecule has 0 spiro atoms. The molecule has 4 rings (SSSR count). The third-order valence-corrected chi connectivity index (χ3v) is 4.60. The Morgan fingerprint density at radius 3 is 2.72 bits per heavy atom. The second-order valence-electron chi connectivity index (χ2n) is 6.84. The molecule has 0 radical (unpaired) electrons. The minimum atomic E-state index is -0.140. The van der Waals surface area contributed by atoms with Crippen molar-refractivity contribution in [2.24, 2.45) is 0 Å². The van der Waals surface area contributed by atoms with Gasteiger partial charge in [0, 0.05) is 44.4 Å². The van der Waals surface area contributed by atoms with Crippen LogP contribution in [0, 0.1) is 0 Å². The van der Waals surface area contributed by atoms with Gasteiger partial charge in [-0.2, -0.15) is 4.98 Å². The van der Waals surface area contributed by atoms with Crippen LogP contribution in [0.1, 0.15) is 5.56 Å². The molecule has 0 saturated carbocycles. The van der Waals surface area contributed by atoms with E-state index in [1.165, 1.54) is 6.07 Å². The first-order chi connectivity index (χ1) is 15.7. The molecule has 164 valence electrons. The standard InChI is InChI=1S/C22H22N6O4/c1-23-22-24-11-17(12-25-22)21-26-20(27-32-21)16-6-7-19(29)28(14-16)13-15-4-3-5-18(10-15)31-9-8-30-2/h3-7,10-12,14H,8-9,13H2,1-2H3,(H,23,24,25). The third-order valence-electron chi connectivity index (χ3n) is 4.60. The Hall–Kier alpha value is -4.05. The second-order valence-corrected chi connectivity index (χ2v) is 6.84. The van der Waals surface area contributed by atoms with Crippen LogP contribution in [-0.4, -0.2) is 52.0 Å². The van der Waals surface area contributed by atoms with Gasteiger partial charge in [-0.15, -0.1) is 0 Å². The van der Waals surface area contributed by atoms with Gasteiger partial charge in [0.1, 0.15) is 12.4 Å². The Morgan fingerprint density at radius 1 is 1.09 bits per heavy atom. The normalized spacial score (nSPS) is 10.8. The van der Waals surface area contributed by atoms with Crippen LogP contribution in [0.25, 0.3) is 22.8 Å². The van der Waals surface area contributed by atoms with Crippen LogP contribution >= 0.6 is 0 Å². The number of anilines is 1. The van der Waals surface area contributed by atoms with Gasteiger partial charge in [0.15, 0.2) is 0 Å². The molecule has 10 nitrogen and oxygen atoms in total. The summed E-state index contributed by atoms with van der Waals surface area (Å²) in [6, 6.07) is 10.7. The molecule has 0 unspecified atom stereocenters. The van der Waals surface area contributed by atoms with E-state index in [-0.39, 0.29) is 5.56 Å². The van der Waals surface area contributed by atoms with Crippen LogP contribution in [0.5, 0.6) is 5.75 Å². The van der Waals surface area contributed by atoms with Gasteiger partial charge in [-0.1, -0.05) is 17.3 Å². The Morgan fingerprint density at radius 2 is 1.94 bits per heavy atom. The zero-order valence-electron chi connectivity index (χ0n) is 17.7. The molecular formula is C22H22N6O4. The summed E-state index contributed by atoms with van der Waals surface area (Å²) in [5.41, 5.74) is 2.04. The summed E-state index contributed by atoms with van der Waals surface area (Å²) in [4.78, 5) is 25.1. The van der Waals surface area contributed by atoms with E-state index in [1.807, 2.05) is 24.3 Å². The zero-order valence-corrected chi connectivity index (χ0v) is 17.7. The highest BCUT2D eigenvalue weighted by molar-refractivity contribution is 5.58. The van der Waals surface area contributed by atoms with Crippen LogP contribution in [-0.2, 0) is 11.3 Å². The summed E-state index contributed by atoms with van der Waals surface area (Å²) in [6.45, 7) is 1.33. The van der Waals surface area contributed by atoms with Crippen LogP contribution in [0.2, 0.25) is 0 Å². The molecule has 1 N–H and O–H groups in total. The number of ether oxygens (including phenoxy) is 2. The summed E-state index contributed by atoms with van der Waals surface area (Å²) in [7, 11) is 3.36. The first-order valence-corrected chi connectivity index (χ1v) is 9.91. The van der Waals surface area contributed by atoms with E-state index in [1.54, 1.807) is 43.4 Å². The van der Waals surface area contributed by atoms with Crippen molar-refractivity contribution in [3.8, 4) is 28.6 Å². The molecule has 0 aliphatic rings. The average Bonchev–Trinajstić information content (AvgIpc) is 3.31. The predicted molar refractivity (Wildman–Crippen MR) is 117 cm³/mol. The number of aromatic nitrogens is 5. The summed E-state index contributed by atoms with van der Waals surface area (Å²) in [5.74, 6) is 1.87. The van der Waals surface area contributed by atoms with E-state index in [0.717, 1.165) is 11.3 Å². The van der Waals surface area contributed by atoms with Crippen LogP contribution in [0.4, 0.5) is 5.95 Å². The number of hydrogen-bond donors (Lipinski definition) is 1. The van der Waals surface area contributed by atoms with Gasteiger partial charge >= 0.3 is 0 Å². The molecule has 4 aromatic rings. The first kappa shape index (κ1) is 21.2. The van der Waals surface area contributed by atoms with Crippen LogP contribution in [0.15, 0.2) is 64.3 Å². The number of benzene rings is 1. The highest BCUT2D eigenvalue weighted by atomic mass is 16.5. The van der Waals surface area contributed by atoms with Gasteiger partial charge in [0.05, 0.1) is 18.7 Å². The van der Waals surface area contributed by atoms with Crippen LogP contribution in [0.3, 0.4) is 0 Å². The number of nitrogens with one attached hydrogen (secondary N) is 1. The van der Waals surface area contributed by atoms with E-state index in [4.69, 9.17) is 14.0 Å². The minimum Gasteiger partial charge on any atom is -0.491 e. The van der Waals surface area contributed by atoms with E-state index in [9.17, 15) is 4.79 Å². The van der Waals surface area contributed by atoms with Gasteiger partial charge in [-0.3, -0.25) is 4.79 Å². The lowest BCUT2D eigenvalue weighted by atomic mass is 10.2. The van der Waals surface area contributed by atoms with Crippen molar-refractivity contribution in [2.75, 3.05) is 32.7 Å². The molecule has 0 saturated heterocycles. The van der Waals surface area contributed by atoms with Gasteiger partial charge in [-0.05, 0) is 23.8 Å². The van der Waals surface area contributed by atoms with Crippen molar-refractivity contribution in [2.45, 2.75) is 6.54 Å². The quantitative estimate of drug-likeness (QED) is 0.396. The fraction of sp³-hybridized carbons (Fsp3) is 0.227. The second kappa shape index (κ2) is 9.84. The van der Waals surface area contributed by atoms with Crippen LogP contribution < -0.4 is 15.6 Å². The molecule has 0 aliphatic carbocycles. The van der Waals surface area contributed by atoms with Crippen molar-refractivity contribution in [1.29, 1.82) is 0 Å². The number of methoxy groups -OCH3 is 1. The lowest BCUT2D eigenvalue weighted by molar-refractivity contribution is 0.146. The maximum absolute atomic E-state index is 12.4. The van der Waals surface area contributed by atoms with Gasteiger partial charge in [0.25, 0.3) is 11.4 Å². The van der Waals surface area contributed by atoms with E-state index < -0.39 is 0 Å². The van der Waals surface area contributed by atoms with E-state index in [2.05, 4.69) is 25.4 Å². The summed E-state index contributed by atoms with van der Waals surface area (Å²) >= 11 is 0. The smallest absolute Gasteiger partial charge is 0.261 e. The number of pyridine rings is 1. The fourth-order valence-corrected chi connectivity index (χ4v) is 2.99. The molecule has 0 atom stereocenters. The molecule has 0 bridgehead atoms. The molecule has 10 heteroatoms. The topological polar surface area (TPSA) is 117 Å². The Balaban J connectivity index is 1.54. The Bertz CT molecular complexity index is 1240. The van der Waals surface area contributed by atoms with Crippen molar-refractivity contribution in [1.82, 2.24) is 24.7 Å². The Labute approximate surface area is 183 Å².